The molecule has 1 N–H and O–H groups in total. The summed E-state index contributed by atoms with van der Waals surface area (Å²) < 4.78 is 1.15. The fourth-order valence-electron chi connectivity index (χ4n) is 4.02. The number of aryl methyl sites for hydroxylation is 1. The lowest BCUT2D eigenvalue weighted by Crippen LogP contribution is -2.48. The van der Waals surface area contributed by atoms with Gasteiger partial charge in [0, 0.05) is 19.6 Å². The van der Waals surface area contributed by atoms with Crippen LogP contribution in [0.4, 0.5) is 0 Å². The molecule has 1 aliphatic heterocycles. The summed E-state index contributed by atoms with van der Waals surface area (Å²) in [5.41, 5.74) is 3.17. The number of likely N-dealkylation sites (tertiary alicyclic amines) is 1. The van der Waals surface area contributed by atoms with Crippen LogP contribution in [-0.4, -0.2) is 53.4 Å². The Bertz CT molecular complexity index is 857. The smallest absolute Gasteiger partial charge is 0.270 e. The third-order valence-electron chi connectivity index (χ3n) is 5.60. The van der Waals surface area contributed by atoms with E-state index in [0.29, 0.717) is 11.7 Å². The van der Waals surface area contributed by atoms with Crippen molar-refractivity contribution in [2.75, 3.05) is 26.7 Å². The van der Waals surface area contributed by atoms with Crippen molar-refractivity contribution in [3.63, 3.8) is 0 Å². The first-order valence-electron chi connectivity index (χ1n) is 9.80. The van der Waals surface area contributed by atoms with Crippen molar-refractivity contribution in [1.82, 2.24) is 14.8 Å². The molecule has 0 spiro atoms. The van der Waals surface area contributed by atoms with Gasteiger partial charge in [-0.25, -0.2) is 0 Å². The maximum Gasteiger partial charge on any atom is 0.270 e. The number of likely N-dealkylation sites (N-methyl/N-ethyl adjacent to an activating group) is 1. The van der Waals surface area contributed by atoms with Crippen LogP contribution in [0.1, 0.15) is 35.3 Å². The molecule has 1 aliphatic rings. The van der Waals surface area contributed by atoms with Gasteiger partial charge in [-0.15, -0.1) is 11.3 Å². The third-order valence-corrected chi connectivity index (χ3v) is 6.47. The molecule has 1 atom stereocenters. The summed E-state index contributed by atoms with van der Waals surface area (Å²) in [7, 11) is 1.95. The number of carbonyl (C=O) groups excluding carboxylic acids is 1. The number of H-pyrrole nitrogens is 1. The van der Waals surface area contributed by atoms with Gasteiger partial charge in [0.15, 0.2) is 0 Å². The van der Waals surface area contributed by atoms with Gasteiger partial charge in [0.2, 0.25) is 0 Å². The number of hydrogen-bond acceptors (Lipinski definition) is 3. The Morgan fingerprint density at radius 2 is 2.15 bits per heavy atom. The van der Waals surface area contributed by atoms with Gasteiger partial charge in [-0.1, -0.05) is 30.3 Å². The normalized spacial score (nSPS) is 18.0. The quantitative estimate of drug-likeness (QED) is 0.687. The second kappa shape index (κ2) is 8.28. The van der Waals surface area contributed by atoms with Crippen molar-refractivity contribution in [3.8, 4) is 0 Å². The zero-order valence-electron chi connectivity index (χ0n) is 15.9. The second-order valence-electron chi connectivity index (χ2n) is 7.48. The Morgan fingerprint density at radius 1 is 1.30 bits per heavy atom. The van der Waals surface area contributed by atoms with Crippen LogP contribution in [-0.2, 0) is 6.42 Å². The number of benzene rings is 1. The Kier molecular flexibility index (Phi) is 5.60. The van der Waals surface area contributed by atoms with Crippen LogP contribution in [0.2, 0.25) is 0 Å². The van der Waals surface area contributed by atoms with Crippen LogP contribution >= 0.6 is 11.3 Å². The number of thiophene rings is 1. The van der Waals surface area contributed by atoms with Crippen LogP contribution in [0.25, 0.3) is 10.2 Å². The fraction of sp³-hybridized carbons (Fsp3) is 0.409. The SMILES string of the molecule is CN(C(=O)c1cc2sccc2[nH]1)[C@H]1CCCN(CCCc2ccccc2)C1. The molecule has 3 aromatic rings. The number of nitrogens with one attached hydrogen (secondary N) is 1. The van der Waals surface area contributed by atoms with E-state index in [9.17, 15) is 4.79 Å². The van der Waals surface area contributed by atoms with Crippen LogP contribution in [0.15, 0.2) is 47.8 Å². The number of hydrogen-bond donors (Lipinski definition) is 1. The fourth-order valence-corrected chi connectivity index (χ4v) is 4.80. The average molecular weight is 382 g/mol. The van der Waals surface area contributed by atoms with Gasteiger partial charge in [0.05, 0.1) is 10.2 Å². The molecule has 0 bridgehead atoms. The Hall–Kier alpha value is -2.11. The van der Waals surface area contributed by atoms with E-state index in [-0.39, 0.29) is 5.91 Å². The summed E-state index contributed by atoms with van der Waals surface area (Å²) in [6.45, 7) is 3.23. The summed E-state index contributed by atoms with van der Waals surface area (Å²) in [6.07, 6.45) is 4.54. The van der Waals surface area contributed by atoms with Gasteiger partial charge >= 0.3 is 0 Å². The Balaban J connectivity index is 1.31. The van der Waals surface area contributed by atoms with E-state index in [1.54, 1.807) is 11.3 Å². The lowest BCUT2D eigenvalue weighted by molar-refractivity contribution is 0.0612. The topological polar surface area (TPSA) is 39.3 Å². The van der Waals surface area contributed by atoms with E-state index < -0.39 is 0 Å². The molecule has 0 unspecified atom stereocenters. The predicted octanol–water partition coefficient (Wildman–Crippen LogP) is 4.40. The van der Waals surface area contributed by atoms with Gasteiger partial charge in [0.1, 0.15) is 5.69 Å². The average Bonchev–Trinajstić information content (AvgIpc) is 3.30. The predicted molar refractivity (Wildman–Crippen MR) is 112 cm³/mol. The highest BCUT2D eigenvalue weighted by Crippen LogP contribution is 2.23. The summed E-state index contributed by atoms with van der Waals surface area (Å²) in [5, 5.41) is 2.05. The molecule has 2 aromatic heterocycles. The number of piperidine rings is 1. The number of aromatic amines is 1. The lowest BCUT2D eigenvalue weighted by Gasteiger charge is -2.37. The molecule has 5 heteroatoms. The molecule has 1 amide bonds. The van der Waals surface area contributed by atoms with E-state index in [2.05, 4.69) is 40.2 Å². The molecule has 0 aliphatic carbocycles. The first-order valence-corrected chi connectivity index (χ1v) is 10.7. The summed E-state index contributed by atoms with van der Waals surface area (Å²) in [5.74, 6) is 0.106. The summed E-state index contributed by atoms with van der Waals surface area (Å²) >= 11 is 1.67. The summed E-state index contributed by atoms with van der Waals surface area (Å²) in [4.78, 5) is 20.6. The molecule has 1 fully saturated rings. The van der Waals surface area contributed by atoms with Crippen molar-refractivity contribution in [1.29, 1.82) is 0 Å². The molecule has 0 radical (unpaired) electrons. The van der Waals surface area contributed by atoms with E-state index in [4.69, 9.17) is 0 Å². The Labute approximate surface area is 164 Å². The number of carbonyl (C=O) groups is 1. The number of fused-ring (bicyclic) bond motifs is 1. The number of rotatable bonds is 6. The molecule has 4 rings (SSSR count). The van der Waals surface area contributed by atoms with Crippen molar-refractivity contribution >= 4 is 27.5 Å². The van der Waals surface area contributed by atoms with Crippen molar-refractivity contribution in [2.45, 2.75) is 31.7 Å². The minimum absolute atomic E-state index is 0.106. The molecular weight excluding hydrogens is 354 g/mol. The van der Waals surface area contributed by atoms with E-state index in [0.717, 1.165) is 49.1 Å². The van der Waals surface area contributed by atoms with E-state index >= 15 is 0 Å². The van der Waals surface area contributed by atoms with Crippen LogP contribution in [0, 0.1) is 0 Å². The number of aromatic nitrogens is 1. The molecule has 3 heterocycles. The number of nitrogens with zero attached hydrogens (tertiary/aromatic N) is 2. The minimum atomic E-state index is 0.106. The molecular formula is C22H27N3OS. The standard InChI is InChI=1S/C22H27N3OS/c1-24(22(26)20-15-21-19(23-20)11-14-27-21)18-10-6-13-25(16-18)12-5-9-17-7-3-2-4-8-17/h2-4,7-8,11,14-15,18,23H,5-6,9-10,12-13,16H2,1H3/t18-/m0/s1. The van der Waals surface area contributed by atoms with Gasteiger partial charge in [-0.05, 0) is 61.8 Å². The Morgan fingerprint density at radius 3 is 2.96 bits per heavy atom. The largest absolute Gasteiger partial charge is 0.350 e. The monoisotopic (exact) mass is 381 g/mol. The first kappa shape index (κ1) is 18.3. The van der Waals surface area contributed by atoms with Crippen LogP contribution in [0.5, 0.6) is 0 Å². The molecule has 27 heavy (non-hydrogen) atoms. The zero-order chi connectivity index (χ0) is 18.6. The number of amides is 1. The van der Waals surface area contributed by atoms with Crippen molar-refractivity contribution in [2.24, 2.45) is 0 Å². The van der Waals surface area contributed by atoms with Gasteiger partial charge < -0.3 is 14.8 Å². The molecule has 4 nitrogen and oxygen atoms in total. The molecule has 0 saturated carbocycles. The molecule has 1 saturated heterocycles. The van der Waals surface area contributed by atoms with E-state index in [1.807, 2.05) is 29.5 Å². The minimum Gasteiger partial charge on any atom is -0.350 e. The maximum absolute atomic E-state index is 12.9. The zero-order valence-corrected chi connectivity index (χ0v) is 16.7. The lowest BCUT2D eigenvalue weighted by atomic mass is 10.0. The van der Waals surface area contributed by atoms with Gasteiger partial charge in [-0.2, -0.15) is 0 Å². The molecule has 142 valence electrons. The molecule has 1 aromatic carbocycles. The third kappa shape index (κ3) is 4.25. The highest BCUT2D eigenvalue weighted by molar-refractivity contribution is 7.17. The summed E-state index contributed by atoms with van der Waals surface area (Å²) in [6, 6.07) is 15.0. The van der Waals surface area contributed by atoms with Gasteiger partial charge in [-0.3, -0.25) is 4.79 Å². The van der Waals surface area contributed by atoms with Crippen LogP contribution < -0.4 is 0 Å². The highest BCUT2D eigenvalue weighted by atomic mass is 32.1. The first-order chi connectivity index (χ1) is 13.2. The van der Waals surface area contributed by atoms with Crippen molar-refractivity contribution in [3.05, 3.63) is 59.1 Å². The van der Waals surface area contributed by atoms with Gasteiger partial charge in [0.25, 0.3) is 5.91 Å². The second-order valence-corrected chi connectivity index (χ2v) is 8.43. The van der Waals surface area contributed by atoms with Crippen molar-refractivity contribution < 1.29 is 4.79 Å². The van der Waals surface area contributed by atoms with Crippen LogP contribution in [0.3, 0.4) is 0 Å². The highest BCUT2D eigenvalue weighted by Gasteiger charge is 2.27. The maximum atomic E-state index is 12.9. The van der Waals surface area contributed by atoms with E-state index in [1.165, 1.54) is 12.0 Å².